The minimum Gasteiger partial charge on any atom is -0.491 e. The largest absolute Gasteiger partial charge is 0.491 e. The van der Waals surface area contributed by atoms with Crippen molar-refractivity contribution in [1.29, 1.82) is 0 Å². The van der Waals surface area contributed by atoms with Gasteiger partial charge in [0.25, 0.3) is 11.8 Å². The minimum atomic E-state index is -0.568. The number of piperidine rings is 1. The summed E-state index contributed by atoms with van der Waals surface area (Å²) in [5.74, 6) is 0.208. The topological polar surface area (TPSA) is 79.0 Å². The lowest BCUT2D eigenvalue weighted by Gasteiger charge is -2.43. The van der Waals surface area contributed by atoms with Gasteiger partial charge < -0.3 is 19.9 Å². The van der Waals surface area contributed by atoms with Crippen LogP contribution in [0.3, 0.4) is 0 Å². The van der Waals surface area contributed by atoms with Crippen molar-refractivity contribution in [2.24, 2.45) is 5.41 Å². The molecule has 9 heteroatoms. The van der Waals surface area contributed by atoms with Gasteiger partial charge in [-0.3, -0.25) is 14.4 Å². The summed E-state index contributed by atoms with van der Waals surface area (Å²) < 4.78 is 5.88. The SMILES string of the molecule is CN1CCOc2ccccc2C(=O)NCCCCC2(CCN(C(=O)c3c(Cl)cccc3Cl)CC2)C1=O. The van der Waals surface area contributed by atoms with Gasteiger partial charge in [0.2, 0.25) is 5.91 Å². The van der Waals surface area contributed by atoms with Crippen LogP contribution in [0.2, 0.25) is 10.0 Å². The highest BCUT2D eigenvalue weighted by Gasteiger charge is 2.43. The standard InChI is InChI=1S/C27H31Cl2N3O4/c1-31-17-18-36-22-10-3-2-7-19(22)24(33)30-14-5-4-11-27(26(31)35)12-15-32(16-13-27)25(34)23-20(28)8-6-9-21(23)29/h2-3,6-10H,4-5,11-18H2,1H3,(H,30,33). The zero-order chi connectivity index (χ0) is 25.7. The van der Waals surface area contributed by atoms with Gasteiger partial charge in [0, 0.05) is 26.7 Å². The lowest BCUT2D eigenvalue weighted by atomic mass is 9.73. The van der Waals surface area contributed by atoms with E-state index in [9.17, 15) is 14.4 Å². The number of amides is 3. The summed E-state index contributed by atoms with van der Waals surface area (Å²) in [6, 6.07) is 12.2. The van der Waals surface area contributed by atoms with Crippen LogP contribution in [0, 0.1) is 5.41 Å². The number of likely N-dealkylation sites (N-methyl/N-ethyl adjacent to an activating group) is 1. The molecule has 0 radical (unpaired) electrons. The van der Waals surface area contributed by atoms with Gasteiger partial charge in [-0.2, -0.15) is 0 Å². The molecule has 192 valence electrons. The van der Waals surface area contributed by atoms with E-state index in [0.29, 0.717) is 72.4 Å². The lowest BCUT2D eigenvalue weighted by Crippen LogP contribution is -2.51. The van der Waals surface area contributed by atoms with Gasteiger partial charge in [0.15, 0.2) is 0 Å². The Labute approximate surface area is 221 Å². The number of ether oxygens (including phenoxy) is 1. The van der Waals surface area contributed by atoms with Gasteiger partial charge in [0.1, 0.15) is 12.4 Å². The van der Waals surface area contributed by atoms with Gasteiger partial charge in [-0.1, -0.05) is 47.8 Å². The predicted octanol–water partition coefficient (Wildman–Crippen LogP) is 4.67. The number of rotatable bonds is 1. The normalized spacial score (nSPS) is 19.2. The Morgan fingerprint density at radius 1 is 0.944 bits per heavy atom. The first-order valence-corrected chi connectivity index (χ1v) is 13.1. The second kappa shape index (κ2) is 11.5. The van der Waals surface area contributed by atoms with E-state index in [2.05, 4.69) is 5.32 Å². The maximum Gasteiger partial charge on any atom is 0.256 e. The fourth-order valence-corrected chi connectivity index (χ4v) is 5.59. The van der Waals surface area contributed by atoms with Crippen LogP contribution in [0.1, 0.15) is 52.8 Å². The number of hydrogen-bond acceptors (Lipinski definition) is 4. The molecule has 2 aromatic rings. The number of nitrogens with zero attached hydrogens (tertiary/aromatic N) is 2. The Morgan fingerprint density at radius 3 is 2.36 bits per heavy atom. The molecule has 1 fully saturated rings. The van der Waals surface area contributed by atoms with Crippen LogP contribution < -0.4 is 10.1 Å². The Balaban J connectivity index is 1.48. The molecular formula is C27H31Cl2N3O4. The van der Waals surface area contributed by atoms with E-state index in [0.717, 1.165) is 12.8 Å². The Bertz CT molecular complexity index is 1110. The first-order valence-electron chi connectivity index (χ1n) is 12.3. The molecule has 7 nitrogen and oxygen atoms in total. The molecule has 2 aliphatic rings. The Morgan fingerprint density at radius 2 is 1.64 bits per heavy atom. The molecule has 0 saturated carbocycles. The zero-order valence-corrected chi connectivity index (χ0v) is 21.9. The third kappa shape index (κ3) is 5.62. The van der Waals surface area contributed by atoms with Crippen molar-refractivity contribution in [3.63, 3.8) is 0 Å². The quantitative estimate of drug-likeness (QED) is 0.579. The molecule has 2 aliphatic heterocycles. The summed E-state index contributed by atoms with van der Waals surface area (Å²) >= 11 is 12.5. The Kier molecular flexibility index (Phi) is 8.42. The van der Waals surface area contributed by atoms with Crippen molar-refractivity contribution in [3.8, 4) is 5.75 Å². The molecule has 0 aromatic heterocycles. The predicted molar refractivity (Wildman–Crippen MR) is 140 cm³/mol. The summed E-state index contributed by atoms with van der Waals surface area (Å²) in [6.07, 6.45) is 3.35. The number of halogens is 2. The highest BCUT2D eigenvalue weighted by molar-refractivity contribution is 6.39. The summed E-state index contributed by atoms with van der Waals surface area (Å²) in [6.45, 7) is 2.08. The van der Waals surface area contributed by atoms with Crippen molar-refractivity contribution >= 4 is 40.9 Å². The number of carbonyl (C=O) groups is 3. The fraction of sp³-hybridized carbons (Fsp3) is 0.444. The van der Waals surface area contributed by atoms with E-state index in [1.54, 1.807) is 53.2 Å². The summed E-state index contributed by atoms with van der Waals surface area (Å²) in [7, 11) is 1.79. The smallest absolute Gasteiger partial charge is 0.256 e. The van der Waals surface area contributed by atoms with Crippen LogP contribution in [-0.2, 0) is 4.79 Å². The molecular weight excluding hydrogens is 501 g/mol. The van der Waals surface area contributed by atoms with Crippen LogP contribution >= 0.6 is 23.2 Å². The summed E-state index contributed by atoms with van der Waals surface area (Å²) in [5, 5.41) is 3.61. The third-order valence-electron chi connectivity index (χ3n) is 7.17. The van der Waals surface area contributed by atoms with Crippen LogP contribution in [0.25, 0.3) is 0 Å². The van der Waals surface area contributed by atoms with E-state index >= 15 is 0 Å². The van der Waals surface area contributed by atoms with E-state index < -0.39 is 5.41 Å². The number of para-hydroxylation sites is 1. The first kappa shape index (κ1) is 26.3. The summed E-state index contributed by atoms with van der Waals surface area (Å²) in [5.41, 5.74) is 0.233. The molecule has 2 heterocycles. The van der Waals surface area contributed by atoms with Gasteiger partial charge in [-0.25, -0.2) is 0 Å². The highest BCUT2D eigenvalue weighted by atomic mass is 35.5. The molecule has 1 spiro atoms. The molecule has 36 heavy (non-hydrogen) atoms. The number of carbonyl (C=O) groups excluding carboxylic acids is 3. The lowest BCUT2D eigenvalue weighted by molar-refractivity contribution is -0.144. The zero-order valence-electron chi connectivity index (χ0n) is 20.4. The fourth-order valence-electron chi connectivity index (χ4n) is 5.03. The number of fused-ring (bicyclic) bond motifs is 1. The van der Waals surface area contributed by atoms with Crippen LogP contribution in [-0.4, -0.2) is 67.4 Å². The average Bonchev–Trinajstić information content (AvgIpc) is 2.87. The highest BCUT2D eigenvalue weighted by Crippen LogP contribution is 2.39. The maximum absolute atomic E-state index is 13.7. The van der Waals surface area contributed by atoms with Gasteiger partial charge in [0.05, 0.1) is 33.1 Å². The van der Waals surface area contributed by atoms with Crippen molar-refractivity contribution in [1.82, 2.24) is 15.1 Å². The van der Waals surface area contributed by atoms with E-state index in [1.165, 1.54) is 0 Å². The second-order valence-corrected chi connectivity index (χ2v) is 10.3. The summed E-state index contributed by atoms with van der Waals surface area (Å²) in [4.78, 5) is 43.0. The number of hydrogen-bond donors (Lipinski definition) is 1. The van der Waals surface area contributed by atoms with Crippen molar-refractivity contribution in [3.05, 3.63) is 63.6 Å². The number of likely N-dealkylation sites (tertiary alicyclic amines) is 1. The van der Waals surface area contributed by atoms with E-state index in [4.69, 9.17) is 27.9 Å². The van der Waals surface area contributed by atoms with Crippen molar-refractivity contribution in [2.75, 3.05) is 39.8 Å². The monoisotopic (exact) mass is 531 g/mol. The third-order valence-corrected chi connectivity index (χ3v) is 7.80. The first-order chi connectivity index (χ1) is 17.3. The van der Waals surface area contributed by atoms with Gasteiger partial charge in [-0.15, -0.1) is 0 Å². The van der Waals surface area contributed by atoms with Crippen molar-refractivity contribution < 1.29 is 19.1 Å². The molecule has 4 rings (SSSR count). The Hall–Kier alpha value is -2.77. The van der Waals surface area contributed by atoms with Crippen LogP contribution in [0.4, 0.5) is 0 Å². The van der Waals surface area contributed by atoms with Gasteiger partial charge >= 0.3 is 0 Å². The van der Waals surface area contributed by atoms with Crippen LogP contribution in [0.15, 0.2) is 42.5 Å². The van der Waals surface area contributed by atoms with Gasteiger partial charge in [-0.05, 0) is 49.9 Å². The molecule has 0 bridgehead atoms. The molecule has 2 aromatic carbocycles. The molecule has 0 unspecified atom stereocenters. The maximum atomic E-state index is 13.7. The molecule has 1 saturated heterocycles. The van der Waals surface area contributed by atoms with E-state index in [1.807, 2.05) is 6.07 Å². The minimum absolute atomic E-state index is 0.0726. The van der Waals surface area contributed by atoms with Crippen molar-refractivity contribution in [2.45, 2.75) is 32.1 Å². The second-order valence-electron chi connectivity index (χ2n) is 9.45. The van der Waals surface area contributed by atoms with E-state index in [-0.39, 0.29) is 24.3 Å². The molecule has 3 amide bonds. The average molecular weight is 532 g/mol. The van der Waals surface area contributed by atoms with Crippen LogP contribution in [0.5, 0.6) is 5.75 Å². The molecule has 1 N–H and O–H groups in total. The molecule has 0 atom stereocenters. The number of benzene rings is 2. The molecule has 0 aliphatic carbocycles. The number of nitrogens with one attached hydrogen (secondary N) is 1.